The summed E-state index contributed by atoms with van der Waals surface area (Å²) in [4.78, 5) is 43.3. The van der Waals surface area contributed by atoms with Crippen LogP contribution in [0.15, 0.2) is 57.5 Å². The van der Waals surface area contributed by atoms with Gasteiger partial charge in [0.05, 0.1) is 45.6 Å². The number of fused-ring (bicyclic) bond motifs is 1. The molecule has 1 aliphatic heterocycles. The molecule has 10 nitrogen and oxygen atoms in total. The number of hydrogen-bond donors (Lipinski definition) is 0. The van der Waals surface area contributed by atoms with E-state index in [1.54, 1.807) is 45.0 Å². The van der Waals surface area contributed by atoms with Crippen molar-refractivity contribution in [2.45, 2.75) is 66.7 Å². The smallest absolute Gasteiger partial charge is 0.338 e. The lowest BCUT2D eigenvalue weighted by Crippen LogP contribution is -2.40. The van der Waals surface area contributed by atoms with Crippen molar-refractivity contribution in [3.8, 4) is 11.5 Å². The van der Waals surface area contributed by atoms with Gasteiger partial charge in [-0.25, -0.2) is 9.79 Å². The summed E-state index contributed by atoms with van der Waals surface area (Å²) in [6.07, 6.45) is 1.58. The third-order valence-corrected chi connectivity index (χ3v) is 7.25. The van der Waals surface area contributed by atoms with Crippen LogP contribution in [0.5, 0.6) is 11.5 Å². The summed E-state index contributed by atoms with van der Waals surface area (Å²) < 4.78 is 18.9. The van der Waals surface area contributed by atoms with Crippen LogP contribution in [0.4, 0.5) is 5.69 Å². The van der Waals surface area contributed by atoms with Crippen LogP contribution in [-0.4, -0.2) is 34.3 Å². The maximum Gasteiger partial charge on any atom is 0.338 e. The Hall–Kier alpha value is -4.25. The average Bonchev–Trinajstić information content (AvgIpc) is 3.18. The number of rotatable bonds is 9. The summed E-state index contributed by atoms with van der Waals surface area (Å²) in [5.41, 5.74) is 1.57. The molecule has 0 N–H and O–H groups in total. The molecule has 41 heavy (non-hydrogen) atoms. The Balaban J connectivity index is 1.95. The van der Waals surface area contributed by atoms with Crippen molar-refractivity contribution in [1.82, 2.24) is 4.57 Å². The highest BCUT2D eigenvalue weighted by molar-refractivity contribution is 7.07. The van der Waals surface area contributed by atoms with Crippen molar-refractivity contribution in [1.29, 1.82) is 0 Å². The summed E-state index contributed by atoms with van der Waals surface area (Å²) >= 11 is 1.16. The van der Waals surface area contributed by atoms with Gasteiger partial charge in [0.15, 0.2) is 4.80 Å². The van der Waals surface area contributed by atoms with Crippen LogP contribution in [0.3, 0.4) is 0 Å². The van der Waals surface area contributed by atoms with E-state index in [1.807, 2.05) is 39.8 Å². The third kappa shape index (κ3) is 6.25. The number of nitrogens with zero attached hydrogens (tertiary/aromatic N) is 3. The Bertz CT molecular complexity index is 1720. The minimum Gasteiger partial charge on any atom is -0.491 e. The number of carbonyl (C=O) groups is 1. The lowest BCUT2D eigenvalue weighted by Gasteiger charge is -2.24. The van der Waals surface area contributed by atoms with Crippen LogP contribution in [0.1, 0.15) is 64.3 Å². The number of benzene rings is 2. The number of allylic oxidation sites excluding steroid dienone is 1. The standard InChI is InChI=1S/C30H33N3O7S/c1-8-38-29(35)26-19(7)31-30-32(27(26)21-10-9-18(6)23(13-21)33(36)37)28(34)25(41-30)14-20-11-12-22(39-16(2)3)15-24(20)40-17(4)5/h9-17,27H,8H2,1-7H3/b25-14+/t27-/m1/s1. The fourth-order valence-electron chi connectivity index (χ4n) is 4.58. The van der Waals surface area contributed by atoms with Crippen molar-refractivity contribution in [2.75, 3.05) is 6.61 Å². The minimum atomic E-state index is -0.958. The highest BCUT2D eigenvalue weighted by Gasteiger charge is 2.34. The number of thiazole rings is 1. The second-order valence-electron chi connectivity index (χ2n) is 10.1. The van der Waals surface area contributed by atoms with E-state index in [-0.39, 0.29) is 30.1 Å². The van der Waals surface area contributed by atoms with Crippen LogP contribution in [0.25, 0.3) is 6.08 Å². The predicted octanol–water partition coefficient (Wildman–Crippen LogP) is 4.59. The number of esters is 1. The van der Waals surface area contributed by atoms with E-state index in [4.69, 9.17) is 14.2 Å². The van der Waals surface area contributed by atoms with E-state index in [0.717, 1.165) is 11.3 Å². The Kier molecular flexibility index (Phi) is 8.77. The van der Waals surface area contributed by atoms with Gasteiger partial charge in [-0.1, -0.05) is 23.5 Å². The molecule has 0 fully saturated rings. The number of nitro benzene ring substituents is 1. The lowest BCUT2D eigenvalue weighted by molar-refractivity contribution is -0.385. The maximum absolute atomic E-state index is 14.0. The molecule has 0 bridgehead atoms. The van der Waals surface area contributed by atoms with E-state index >= 15 is 0 Å². The second-order valence-corrected chi connectivity index (χ2v) is 11.1. The highest BCUT2D eigenvalue weighted by atomic mass is 32.1. The molecule has 0 spiro atoms. The molecule has 3 aromatic rings. The molecule has 2 heterocycles. The van der Waals surface area contributed by atoms with Crippen LogP contribution in [0.2, 0.25) is 0 Å². The zero-order valence-electron chi connectivity index (χ0n) is 24.1. The number of nitro groups is 1. The number of ether oxygens (including phenoxy) is 3. The molecule has 0 radical (unpaired) electrons. The molecular weight excluding hydrogens is 546 g/mol. The Labute approximate surface area is 241 Å². The predicted molar refractivity (Wildman–Crippen MR) is 156 cm³/mol. The fraction of sp³-hybridized carbons (Fsp3) is 0.367. The number of aromatic nitrogens is 1. The summed E-state index contributed by atoms with van der Waals surface area (Å²) in [5, 5.41) is 11.7. The van der Waals surface area contributed by atoms with E-state index < -0.39 is 22.5 Å². The van der Waals surface area contributed by atoms with E-state index in [2.05, 4.69) is 4.99 Å². The number of carbonyl (C=O) groups excluding carboxylic acids is 1. The second kappa shape index (κ2) is 12.1. The van der Waals surface area contributed by atoms with Gasteiger partial charge in [-0.3, -0.25) is 19.5 Å². The van der Waals surface area contributed by atoms with Gasteiger partial charge >= 0.3 is 5.97 Å². The quantitative estimate of drug-likeness (QED) is 0.206. The molecule has 216 valence electrons. The SMILES string of the molecule is CCOC(=O)C1=C(C)N=c2s/c(=C/c3ccc(OC(C)C)cc3OC(C)C)c(=O)n2[C@@H]1c1ccc(C)c([N+](=O)[O-])c1. The fourth-order valence-corrected chi connectivity index (χ4v) is 5.61. The monoisotopic (exact) mass is 579 g/mol. The summed E-state index contributed by atoms with van der Waals surface area (Å²) in [7, 11) is 0. The van der Waals surface area contributed by atoms with E-state index in [9.17, 15) is 19.7 Å². The van der Waals surface area contributed by atoms with Crippen molar-refractivity contribution < 1.29 is 23.9 Å². The minimum absolute atomic E-state index is 0.0223. The molecule has 0 saturated heterocycles. The zero-order valence-corrected chi connectivity index (χ0v) is 24.9. The Morgan fingerprint density at radius 1 is 1.12 bits per heavy atom. The summed E-state index contributed by atoms with van der Waals surface area (Å²) in [6.45, 7) is 12.8. The highest BCUT2D eigenvalue weighted by Crippen LogP contribution is 2.33. The van der Waals surface area contributed by atoms with Crippen LogP contribution in [-0.2, 0) is 9.53 Å². The normalized spacial score (nSPS) is 15.1. The number of hydrogen-bond acceptors (Lipinski definition) is 9. The largest absolute Gasteiger partial charge is 0.491 e. The van der Waals surface area contributed by atoms with Crippen molar-refractivity contribution >= 4 is 29.1 Å². The first-order chi connectivity index (χ1) is 19.4. The van der Waals surface area contributed by atoms with Gasteiger partial charge in [0.2, 0.25) is 0 Å². The van der Waals surface area contributed by atoms with Crippen molar-refractivity contribution in [3.63, 3.8) is 0 Å². The topological polar surface area (TPSA) is 122 Å². The molecule has 0 saturated carbocycles. The summed E-state index contributed by atoms with van der Waals surface area (Å²) in [6, 6.07) is 9.16. The molecule has 1 aromatic heterocycles. The maximum atomic E-state index is 14.0. The van der Waals surface area contributed by atoms with Crippen molar-refractivity contribution in [3.05, 3.63) is 94.2 Å². The van der Waals surface area contributed by atoms with Gasteiger partial charge in [-0.05, 0) is 72.2 Å². The van der Waals surface area contributed by atoms with E-state index in [1.165, 1.54) is 10.6 Å². The summed E-state index contributed by atoms with van der Waals surface area (Å²) in [5.74, 6) is 0.563. The molecule has 0 aliphatic carbocycles. The van der Waals surface area contributed by atoms with Gasteiger partial charge in [-0.2, -0.15) is 0 Å². The lowest BCUT2D eigenvalue weighted by atomic mass is 9.94. The molecule has 1 atom stereocenters. The van der Waals surface area contributed by atoms with Crippen LogP contribution < -0.4 is 24.4 Å². The van der Waals surface area contributed by atoms with Crippen LogP contribution in [0, 0.1) is 17.0 Å². The molecule has 2 aromatic carbocycles. The Morgan fingerprint density at radius 3 is 2.46 bits per heavy atom. The van der Waals surface area contributed by atoms with Gasteiger partial charge in [0.25, 0.3) is 11.2 Å². The molecule has 0 unspecified atom stereocenters. The first kappa shape index (κ1) is 29.7. The first-order valence-electron chi connectivity index (χ1n) is 13.3. The average molecular weight is 580 g/mol. The molecule has 11 heteroatoms. The number of aryl methyl sites for hydroxylation is 1. The van der Waals surface area contributed by atoms with Gasteiger partial charge < -0.3 is 14.2 Å². The van der Waals surface area contributed by atoms with E-state index in [0.29, 0.717) is 43.2 Å². The van der Waals surface area contributed by atoms with Crippen molar-refractivity contribution in [2.24, 2.45) is 4.99 Å². The first-order valence-corrected chi connectivity index (χ1v) is 14.1. The molecular formula is C30H33N3O7S. The van der Waals surface area contributed by atoms with Gasteiger partial charge in [0, 0.05) is 23.3 Å². The third-order valence-electron chi connectivity index (χ3n) is 6.27. The van der Waals surface area contributed by atoms with Gasteiger partial charge in [0.1, 0.15) is 11.5 Å². The molecule has 1 aliphatic rings. The molecule has 4 rings (SSSR count). The zero-order chi connectivity index (χ0) is 30.0. The van der Waals surface area contributed by atoms with Crippen LogP contribution >= 0.6 is 11.3 Å². The Morgan fingerprint density at radius 2 is 1.83 bits per heavy atom. The molecule has 0 amide bonds. The van der Waals surface area contributed by atoms with Gasteiger partial charge in [-0.15, -0.1) is 0 Å².